The van der Waals surface area contributed by atoms with Crippen molar-refractivity contribution in [3.05, 3.63) is 35.6 Å². The van der Waals surface area contributed by atoms with Gasteiger partial charge in [0.2, 0.25) is 0 Å². The van der Waals surface area contributed by atoms with Crippen LogP contribution < -0.4 is 10.6 Å². The molecule has 0 radical (unpaired) electrons. The fraction of sp³-hybridized carbons (Fsp3) is 0.588. The molecule has 1 atom stereocenters. The van der Waals surface area contributed by atoms with E-state index in [0.717, 1.165) is 31.9 Å². The molecule has 0 bridgehead atoms. The predicted octanol–water partition coefficient (Wildman–Crippen LogP) is 1.98. The zero-order valence-corrected chi connectivity index (χ0v) is 13.8. The first kappa shape index (κ1) is 17.7. The van der Waals surface area contributed by atoms with E-state index in [1.807, 2.05) is 0 Å². The second kappa shape index (κ2) is 8.84. The number of hydrogen-bond donors (Lipinski definition) is 2. The molecule has 23 heavy (non-hydrogen) atoms. The number of morpholine rings is 1. The van der Waals surface area contributed by atoms with Crippen LogP contribution in [0.2, 0.25) is 0 Å². The second-order valence-corrected chi connectivity index (χ2v) is 6.15. The van der Waals surface area contributed by atoms with E-state index in [1.54, 1.807) is 12.1 Å². The van der Waals surface area contributed by atoms with Gasteiger partial charge in [0.05, 0.1) is 13.2 Å². The summed E-state index contributed by atoms with van der Waals surface area (Å²) in [5.74, 6) is 0.175. The van der Waals surface area contributed by atoms with E-state index in [2.05, 4.69) is 29.4 Å². The first-order valence-corrected chi connectivity index (χ1v) is 8.14. The highest BCUT2D eigenvalue weighted by molar-refractivity contribution is 5.73. The summed E-state index contributed by atoms with van der Waals surface area (Å²) in [7, 11) is 0. The molecule has 2 N–H and O–H groups in total. The molecule has 1 aromatic rings. The van der Waals surface area contributed by atoms with Gasteiger partial charge in [-0.2, -0.15) is 0 Å². The molecular weight excluding hydrogens is 297 g/mol. The fourth-order valence-corrected chi connectivity index (χ4v) is 2.74. The Hall–Kier alpha value is -1.66. The molecule has 2 rings (SSSR count). The van der Waals surface area contributed by atoms with Gasteiger partial charge in [0.15, 0.2) is 0 Å². The molecule has 1 saturated heterocycles. The molecule has 6 heteroatoms. The smallest absolute Gasteiger partial charge is 0.315 e. The molecule has 0 unspecified atom stereocenters. The van der Waals surface area contributed by atoms with Crippen LogP contribution in [0.5, 0.6) is 0 Å². The number of rotatable bonds is 6. The summed E-state index contributed by atoms with van der Waals surface area (Å²) in [5, 5.41) is 5.74. The zero-order chi connectivity index (χ0) is 16.7. The van der Waals surface area contributed by atoms with Gasteiger partial charge in [0, 0.05) is 32.2 Å². The van der Waals surface area contributed by atoms with Crippen molar-refractivity contribution in [1.82, 2.24) is 15.5 Å². The summed E-state index contributed by atoms with van der Waals surface area (Å²) in [6.07, 6.45) is 0. The van der Waals surface area contributed by atoms with Crippen molar-refractivity contribution in [3.8, 4) is 0 Å². The maximum Gasteiger partial charge on any atom is 0.315 e. The van der Waals surface area contributed by atoms with Crippen LogP contribution >= 0.6 is 0 Å². The summed E-state index contributed by atoms with van der Waals surface area (Å²) >= 11 is 0. The predicted molar refractivity (Wildman–Crippen MR) is 87.7 cm³/mol. The number of amides is 2. The molecule has 1 aromatic carbocycles. The highest BCUT2D eigenvalue weighted by Crippen LogP contribution is 2.12. The summed E-state index contributed by atoms with van der Waals surface area (Å²) in [4.78, 5) is 14.3. The topological polar surface area (TPSA) is 53.6 Å². The third-order valence-electron chi connectivity index (χ3n) is 4.12. The standard InChI is InChI=1S/C17H26FN3O2/c1-13(2)16(21-7-9-23-10-8-21)12-20-17(22)19-11-14-3-5-15(18)6-4-14/h3-6,13,16H,7-12H2,1-2H3,(H2,19,20,22)/t16-/m1/s1. The molecule has 1 aliphatic rings. The average Bonchev–Trinajstić information content (AvgIpc) is 2.55. The van der Waals surface area contributed by atoms with Crippen LogP contribution in [0.4, 0.5) is 9.18 Å². The summed E-state index contributed by atoms with van der Waals surface area (Å²) in [5.41, 5.74) is 0.870. The first-order chi connectivity index (χ1) is 11.1. The van der Waals surface area contributed by atoms with Gasteiger partial charge >= 0.3 is 6.03 Å². The Labute approximate surface area is 137 Å². The summed E-state index contributed by atoms with van der Waals surface area (Å²) in [6, 6.07) is 6.22. The lowest BCUT2D eigenvalue weighted by Gasteiger charge is -2.36. The molecule has 1 heterocycles. The van der Waals surface area contributed by atoms with Crippen LogP contribution in [0, 0.1) is 11.7 Å². The maximum absolute atomic E-state index is 12.8. The zero-order valence-electron chi connectivity index (χ0n) is 13.8. The van der Waals surface area contributed by atoms with Crippen molar-refractivity contribution in [1.29, 1.82) is 0 Å². The first-order valence-electron chi connectivity index (χ1n) is 8.14. The lowest BCUT2D eigenvalue weighted by molar-refractivity contribution is 0.00719. The maximum atomic E-state index is 12.8. The van der Waals surface area contributed by atoms with Crippen molar-refractivity contribution in [3.63, 3.8) is 0 Å². The Morgan fingerprint density at radius 2 is 1.87 bits per heavy atom. The van der Waals surface area contributed by atoms with E-state index >= 15 is 0 Å². The second-order valence-electron chi connectivity index (χ2n) is 6.15. The van der Waals surface area contributed by atoms with Gasteiger partial charge in [-0.05, 0) is 23.6 Å². The van der Waals surface area contributed by atoms with E-state index in [0.29, 0.717) is 25.0 Å². The van der Waals surface area contributed by atoms with E-state index in [9.17, 15) is 9.18 Å². The van der Waals surface area contributed by atoms with Crippen molar-refractivity contribution < 1.29 is 13.9 Å². The van der Waals surface area contributed by atoms with Gasteiger partial charge in [-0.3, -0.25) is 4.90 Å². The third kappa shape index (κ3) is 5.80. The van der Waals surface area contributed by atoms with Gasteiger partial charge in [0.25, 0.3) is 0 Å². The van der Waals surface area contributed by atoms with Crippen LogP contribution in [0.3, 0.4) is 0 Å². The molecule has 0 spiro atoms. The SMILES string of the molecule is CC(C)[C@@H](CNC(=O)NCc1ccc(F)cc1)N1CCOCC1. The minimum absolute atomic E-state index is 0.201. The summed E-state index contributed by atoms with van der Waals surface area (Å²) < 4.78 is 18.2. The molecule has 2 amide bonds. The molecule has 0 aromatic heterocycles. The number of nitrogens with zero attached hydrogens (tertiary/aromatic N) is 1. The molecule has 1 aliphatic heterocycles. The normalized spacial score (nSPS) is 17.0. The van der Waals surface area contributed by atoms with Crippen molar-refractivity contribution in [2.24, 2.45) is 5.92 Å². The van der Waals surface area contributed by atoms with E-state index in [-0.39, 0.29) is 11.8 Å². The highest BCUT2D eigenvalue weighted by atomic mass is 19.1. The van der Waals surface area contributed by atoms with Crippen molar-refractivity contribution in [2.45, 2.75) is 26.4 Å². The fourth-order valence-electron chi connectivity index (χ4n) is 2.74. The number of halogens is 1. The van der Waals surface area contributed by atoms with Crippen LogP contribution in [0.15, 0.2) is 24.3 Å². The Morgan fingerprint density at radius 3 is 2.48 bits per heavy atom. The van der Waals surface area contributed by atoms with E-state index in [1.165, 1.54) is 12.1 Å². The quantitative estimate of drug-likeness (QED) is 0.842. The van der Waals surface area contributed by atoms with Gasteiger partial charge < -0.3 is 15.4 Å². The number of carbonyl (C=O) groups is 1. The van der Waals surface area contributed by atoms with E-state index in [4.69, 9.17) is 4.74 Å². The number of benzene rings is 1. The molecule has 128 valence electrons. The average molecular weight is 323 g/mol. The summed E-state index contributed by atoms with van der Waals surface area (Å²) in [6.45, 7) is 8.63. The molecular formula is C17H26FN3O2. The van der Waals surface area contributed by atoms with E-state index < -0.39 is 0 Å². The van der Waals surface area contributed by atoms with Crippen molar-refractivity contribution >= 4 is 6.03 Å². The Bertz CT molecular complexity index is 487. The van der Waals surface area contributed by atoms with Gasteiger partial charge in [-0.15, -0.1) is 0 Å². The van der Waals surface area contributed by atoms with Crippen LogP contribution in [0.1, 0.15) is 19.4 Å². The lowest BCUT2D eigenvalue weighted by Crippen LogP contribution is -2.52. The van der Waals surface area contributed by atoms with Gasteiger partial charge in [-0.1, -0.05) is 26.0 Å². The van der Waals surface area contributed by atoms with Crippen LogP contribution in [-0.4, -0.2) is 49.8 Å². The number of ether oxygens (including phenoxy) is 1. The number of urea groups is 1. The molecule has 5 nitrogen and oxygen atoms in total. The monoisotopic (exact) mass is 323 g/mol. The van der Waals surface area contributed by atoms with Crippen LogP contribution in [0.25, 0.3) is 0 Å². The lowest BCUT2D eigenvalue weighted by atomic mass is 10.0. The largest absolute Gasteiger partial charge is 0.379 e. The minimum Gasteiger partial charge on any atom is -0.379 e. The number of nitrogens with one attached hydrogen (secondary N) is 2. The number of hydrogen-bond acceptors (Lipinski definition) is 3. The minimum atomic E-state index is -0.275. The third-order valence-corrected chi connectivity index (χ3v) is 4.12. The van der Waals surface area contributed by atoms with Gasteiger partial charge in [-0.25, -0.2) is 9.18 Å². The molecule has 0 saturated carbocycles. The Morgan fingerprint density at radius 1 is 1.22 bits per heavy atom. The van der Waals surface area contributed by atoms with Crippen LogP contribution in [-0.2, 0) is 11.3 Å². The Balaban J connectivity index is 1.75. The van der Waals surface area contributed by atoms with Gasteiger partial charge in [0.1, 0.15) is 5.82 Å². The number of carbonyl (C=O) groups excluding carboxylic acids is 1. The molecule has 0 aliphatic carbocycles. The Kier molecular flexibility index (Phi) is 6.80. The highest BCUT2D eigenvalue weighted by Gasteiger charge is 2.24. The van der Waals surface area contributed by atoms with Crippen molar-refractivity contribution in [2.75, 3.05) is 32.8 Å². The molecule has 1 fully saturated rings.